The lowest BCUT2D eigenvalue weighted by atomic mass is 9.87. The van der Waals surface area contributed by atoms with Crippen LogP contribution in [-0.2, 0) is 11.2 Å². The van der Waals surface area contributed by atoms with E-state index in [2.05, 4.69) is 0 Å². The summed E-state index contributed by atoms with van der Waals surface area (Å²) in [6.07, 6.45) is 1.71. The predicted octanol–water partition coefficient (Wildman–Crippen LogP) is 2.12. The molecule has 2 unspecified atom stereocenters. The molecule has 4 rings (SSSR count). The van der Waals surface area contributed by atoms with E-state index in [9.17, 15) is 9.18 Å². The maximum atomic E-state index is 13.2. The van der Waals surface area contributed by atoms with E-state index in [0.29, 0.717) is 0 Å². The van der Waals surface area contributed by atoms with Crippen LogP contribution in [0.5, 0.6) is 0 Å². The number of anilines is 1. The van der Waals surface area contributed by atoms with Crippen LogP contribution >= 0.6 is 0 Å². The van der Waals surface area contributed by atoms with Crippen molar-refractivity contribution in [2.24, 2.45) is 5.73 Å². The summed E-state index contributed by atoms with van der Waals surface area (Å²) >= 11 is 0. The third kappa shape index (κ3) is 1.94. The van der Waals surface area contributed by atoms with E-state index in [0.717, 1.165) is 35.6 Å². The summed E-state index contributed by atoms with van der Waals surface area (Å²) in [5.74, 6) is -0.434. The molecule has 1 amide bonds. The molecule has 23 heavy (non-hydrogen) atoms. The van der Waals surface area contributed by atoms with Gasteiger partial charge in [0.25, 0.3) is 0 Å². The van der Waals surface area contributed by atoms with Crippen molar-refractivity contribution in [2.45, 2.75) is 44.7 Å². The SMILES string of the molecule is CC1c2nn(-c3ccc(F)cc3)c3c2N(C(=O)[C@@H]1N)C(C)CC3. The minimum Gasteiger partial charge on any atom is -0.319 e. The molecule has 0 bridgehead atoms. The van der Waals surface area contributed by atoms with E-state index in [-0.39, 0.29) is 23.7 Å². The Morgan fingerprint density at radius 2 is 1.96 bits per heavy atom. The summed E-state index contributed by atoms with van der Waals surface area (Å²) in [6, 6.07) is 5.82. The van der Waals surface area contributed by atoms with Crippen LogP contribution in [-0.4, -0.2) is 27.8 Å². The molecule has 0 radical (unpaired) electrons. The highest BCUT2D eigenvalue weighted by molar-refractivity contribution is 6.02. The van der Waals surface area contributed by atoms with Gasteiger partial charge in [0, 0.05) is 12.0 Å². The maximum Gasteiger partial charge on any atom is 0.244 e. The molecule has 0 fully saturated rings. The molecule has 2 N–H and O–H groups in total. The molecule has 0 saturated carbocycles. The average Bonchev–Trinajstić information content (AvgIpc) is 2.92. The lowest BCUT2D eigenvalue weighted by Crippen LogP contribution is -2.54. The summed E-state index contributed by atoms with van der Waals surface area (Å²) in [6.45, 7) is 3.99. The zero-order valence-corrected chi connectivity index (χ0v) is 13.2. The third-order valence-electron chi connectivity index (χ3n) is 5.02. The summed E-state index contributed by atoms with van der Waals surface area (Å²) in [7, 11) is 0. The maximum absolute atomic E-state index is 13.2. The lowest BCUT2D eigenvalue weighted by Gasteiger charge is -2.40. The Bertz CT molecular complexity index is 783. The van der Waals surface area contributed by atoms with Crippen molar-refractivity contribution in [3.63, 3.8) is 0 Å². The first-order chi connectivity index (χ1) is 11.0. The van der Waals surface area contributed by atoms with Gasteiger partial charge in [0.2, 0.25) is 5.91 Å². The zero-order valence-electron chi connectivity index (χ0n) is 13.2. The van der Waals surface area contributed by atoms with Crippen molar-refractivity contribution in [2.75, 3.05) is 4.90 Å². The fourth-order valence-electron chi connectivity index (χ4n) is 3.62. The topological polar surface area (TPSA) is 64.2 Å². The third-order valence-corrected chi connectivity index (χ3v) is 5.02. The van der Waals surface area contributed by atoms with Crippen molar-refractivity contribution in [3.8, 4) is 5.69 Å². The van der Waals surface area contributed by atoms with Gasteiger partial charge >= 0.3 is 0 Å². The van der Waals surface area contributed by atoms with E-state index in [4.69, 9.17) is 10.8 Å². The smallest absolute Gasteiger partial charge is 0.244 e. The van der Waals surface area contributed by atoms with E-state index < -0.39 is 6.04 Å². The monoisotopic (exact) mass is 314 g/mol. The van der Waals surface area contributed by atoms with Crippen LogP contribution < -0.4 is 10.6 Å². The van der Waals surface area contributed by atoms with Crippen LogP contribution in [0.2, 0.25) is 0 Å². The van der Waals surface area contributed by atoms with Gasteiger partial charge in [-0.1, -0.05) is 6.92 Å². The molecule has 0 spiro atoms. The minimum absolute atomic E-state index is 0.0305. The van der Waals surface area contributed by atoms with E-state index >= 15 is 0 Å². The van der Waals surface area contributed by atoms with Crippen LogP contribution in [0.15, 0.2) is 24.3 Å². The summed E-state index contributed by atoms with van der Waals surface area (Å²) in [5, 5.41) is 4.73. The largest absolute Gasteiger partial charge is 0.319 e. The van der Waals surface area contributed by atoms with Gasteiger partial charge in [-0.15, -0.1) is 0 Å². The number of amides is 1. The molecule has 1 aromatic carbocycles. The summed E-state index contributed by atoms with van der Waals surface area (Å²) in [4.78, 5) is 14.4. The molecule has 3 heterocycles. The van der Waals surface area contributed by atoms with Gasteiger partial charge in [0.05, 0.1) is 28.8 Å². The molecule has 3 atom stereocenters. The van der Waals surface area contributed by atoms with Crippen LogP contribution in [0, 0.1) is 5.82 Å². The molecule has 0 aliphatic carbocycles. The van der Waals surface area contributed by atoms with E-state index in [1.165, 1.54) is 12.1 Å². The first-order valence-corrected chi connectivity index (χ1v) is 7.95. The number of carbonyl (C=O) groups excluding carboxylic acids is 1. The van der Waals surface area contributed by atoms with Gasteiger partial charge < -0.3 is 10.6 Å². The number of hydrogen-bond donors (Lipinski definition) is 1. The highest BCUT2D eigenvalue weighted by Crippen LogP contribution is 2.43. The van der Waals surface area contributed by atoms with E-state index in [1.54, 1.807) is 12.1 Å². The second-order valence-corrected chi connectivity index (χ2v) is 6.48. The molecule has 5 nitrogen and oxygen atoms in total. The first-order valence-electron chi connectivity index (χ1n) is 7.95. The van der Waals surface area contributed by atoms with Gasteiger partial charge in [-0.25, -0.2) is 9.07 Å². The number of benzene rings is 1. The average molecular weight is 314 g/mol. The van der Waals surface area contributed by atoms with Gasteiger partial charge in [-0.2, -0.15) is 5.10 Å². The Hall–Kier alpha value is -2.21. The van der Waals surface area contributed by atoms with E-state index in [1.807, 2.05) is 23.4 Å². The Morgan fingerprint density at radius 3 is 2.65 bits per heavy atom. The van der Waals surface area contributed by atoms with Gasteiger partial charge in [0.1, 0.15) is 5.82 Å². The molecule has 2 aromatic rings. The predicted molar refractivity (Wildman–Crippen MR) is 85.2 cm³/mol. The van der Waals surface area contributed by atoms with Gasteiger partial charge in [-0.05, 0) is 44.0 Å². The second-order valence-electron chi connectivity index (χ2n) is 6.48. The first kappa shape index (κ1) is 14.4. The molecule has 1 aromatic heterocycles. The van der Waals surface area contributed by atoms with Crippen molar-refractivity contribution < 1.29 is 9.18 Å². The minimum atomic E-state index is -0.563. The number of nitrogens with zero attached hydrogens (tertiary/aromatic N) is 3. The Balaban J connectivity index is 1.94. The highest BCUT2D eigenvalue weighted by atomic mass is 19.1. The Kier molecular flexibility index (Phi) is 3.06. The van der Waals surface area contributed by atoms with Crippen molar-refractivity contribution in [3.05, 3.63) is 41.5 Å². The second kappa shape index (κ2) is 4.89. The van der Waals surface area contributed by atoms with Crippen molar-refractivity contribution >= 4 is 11.6 Å². The number of rotatable bonds is 1. The Labute approximate surface area is 133 Å². The summed E-state index contributed by atoms with van der Waals surface area (Å²) in [5.41, 5.74) is 9.71. The summed E-state index contributed by atoms with van der Waals surface area (Å²) < 4.78 is 15.0. The quantitative estimate of drug-likeness (QED) is 0.877. The van der Waals surface area contributed by atoms with Crippen LogP contribution in [0.25, 0.3) is 5.69 Å². The molecule has 120 valence electrons. The van der Waals surface area contributed by atoms with Crippen molar-refractivity contribution in [1.82, 2.24) is 9.78 Å². The van der Waals surface area contributed by atoms with Gasteiger partial charge in [-0.3, -0.25) is 4.79 Å². The van der Waals surface area contributed by atoms with Crippen LogP contribution in [0.3, 0.4) is 0 Å². The fourth-order valence-corrected chi connectivity index (χ4v) is 3.62. The molecule has 2 aliphatic heterocycles. The zero-order chi connectivity index (χ0) is 16.3. The normalized spacial score (nSPS) is 26.3. The highest BCUT2D eigenvalue weighted by Gasteiger charge is 2.44. The molecular weight excluding hydrogens is 295 g/mol. The van der Waals surface area contributed by atoms with Gasteiger partial charge in [0.15, 0.2) is 0 Å². The molecule has 2 aliphatic rings. The number of hydrogen-bond acceptors (Lipinski definition) is 3. The van der Waals surface area contributed by atoms with Crippen molar-refractivity contribution in [1.29, 1.82) is 0 Å². The number of carbonyl (C=O) groups is 1. The molecule has 0 saturated heterocycles. The number of nitrogens with two attached hydrogens (primary N) is 1. The number of aromatic nitrogens is 2. The number of halogens is 1. The standard InChI is InChI=1S/C17H19FN4O/c1-9-3-8-13-16-15(10(2)14(19)17(23)21(9)16)20-22(13)12-6-4-11(18)5-7-12/h4-7,9-10,14H,3,8,19H2,1-2H3/t9?,10?,14-/m1/s1. The molecular formula is C17H19FN4O. The molecule has 6 heteroatoms. The lowest BCUT2D eigenvalue weighted by molar-refractivity contribution is -0.121. The fraction of sp³-hybridized carbons (Fsp3) is 0.412. The Morgan fingerprint density at radius 1 is 1.26 bits per heavy atom. The van der Waals surface area contributed by atoms with Crippen LogP contribution in [0.1, 0.15) is 37.6 Å². The van der Waals surface area contributed by atoms with Crippen LogP contribution in [0.4, 0.5) is 10.1 Å².